The fourth-order valence-corrected chi connectivity index (χ4v) is 3.95. The average molecular weight is 356 g/mol. The summed E-state index contributed by atoms with van der Waals surface area (Å²) < 4.78 is 0. The first-order chi connectivity index (χ1) is 12.2. The number of thioether (sulfide) groups is 1. The summed E-state index contributed by atoms with van der Waals surface area (Å²) in [7, 11) is 0. The quantitative estimate of drug-likeness (QED) is 0.828. The molecule has 3 rings (SSSR count). The van der Waals surface area contributed by atoms with E-state index in [0.29, 0.717) is 11.8 Å². The molecule has 132 valence electrons. The SMILES string of the molecule is C[C@H](c1ccccc1)N1CC[C@H](NC(=O)CSCc2ccccn2)C1. The van der Waals surface area contributed by atoms with E-state index in [1.54, 1.807) is 18.0 Å². The van der Waals surface area contributed by atoms with Crippen LogP contribution in [0, 0.1) is 0 Å². The number of nitrogens with one attached hydrogen (secondary N) is 1. The fraction of sp³-hybridized carbons (Fsp3) is 0.400. The first-order valence-corrected chi connectivity index (χ1v) is 9.94. The highest BCUT2D eigenvalue weighted by Crippen LogP contribution is 2.24. The molecule has 1 aromatic heterocycles. The van der Waals surface area contributed by atoms with Gasteiger partial charge in [0.15, 0.2) is 0 Å². The summed E-state index contributed by atoms with van der Waals surface area (Å²) >= 11 is 1.61. The Labute approximate surface area is 154 Å². The minimum absolute atomic E-state index is 0.125. The van der Waals surface area contributed by atoms with Crippen LogP contribution in [0.15, 0.2) is 54.7 Å². The van der Waals surface area contributed by atoms with E-state index in [1.807, 2.05) is 24.3 Å². The molecule has 2 atom stereocenters. The number of hydrogen-bond acceptors (Lipinski definition) is 4. The maximum atomic E-state index is 12.2. The Hall–Kier alpha value is -1.85. The highest BCUT2D eigenvalue weighted by Gasteiger charge is 2.27. The van der Waals surface area contributed by atoms with Crippen molar-refractivity contribution >= 4 is 17.7 Å². The molecule has 0 unspecified atom stereocenters. The van der Waals surface area contributed by atoms with Crippen molar-refractivity contribution in [1.82, 2.24) is 15.2 Å². The van der Waals surface area contributed by atoms with Gasteiger partial charge in [-0.2, -0.15) is 0 Å². The molecule has 1 aliphatic rings. The van der Waals surface area contributed by atoms with Crippen molar-refractivity contribution in [3.05, 3.63) is 66.0 Å². The number of carbonyl (C=O) groups is 1. The van der Waals surface area contributed by atoms with Gasteiger partial charge in [-0.25, -0.2) is 0 Å². The Balaban J connectivity index is 1.39. The van der Waals surface area contributed by atoms with Crippen LogP contribution in [-0.4, -0.2) is 40.7 Å². The van der Waals surface area contributed by atoms with Gasteiger partial charge in [-0.3, -0.25) is 14.7 Å². The number of hydrogen-bond donors (Lipinski definition) is 1. The van der Waals surface area contributed by atoms with Gasteiger partial charge in [-0.1, -0.05) is 36.4 Å². The molecule has 1 saturated heterocycles. The molecule has 25 heavy (non-hydrogen) atoms. The highest BCUT2D eigenvalue weighted by atomic mass is 32.2. The smallest absolute Gasteiger partial charge is 0.230 e. The van der Waals surface area contributed by atoms with Crippen molar-refractivity contribution in [3.8, 4) is 0 Å². The summed E-state index contributed by atoms with van der Waals surface area (Å²) in [5.74, 6) is 1.39. The van der Waals surface area contributed by atoms with Crippen molar-refractivity contribution in [2.75, 3.05) is 18.8 Å². The molecule has 5 heteroatoms. The molecule has 1 amide bonds. The number of likely N-dealkylation sites (tertiary alicyclic amines) is 1. The normalized spacial score (nSPS) is 18.8. The summed E-state index contributed by atoms with van der Waals surface area (Å²) in [5, 5.41) is 3.18. The van der Waals surface area contributed by atoms with Crippen LogP contribution >= 0.6 is 11.8 Å². The Morgan fingerprint density at radius 3 is 2.84 bits per heavy atom. The summed E-state index contributed by atoms with van der Waals surface area (Å²) in [6.07, 6.45) is 2.81. The molecule has 0 bridgehead atoms. The molecule has 0 spiro atoms. The Bertz CT molecular complexity index is 665. The molecule has 1 aromatic carbocycles. The fourth-order valence-electron chi connectivity index (χ4n) is 3.20. The van der Waals surface area contributed by atoms with Crippen molar-refractivity contribution < 1.29 is 4.79 Å². The first kappa shape index (κ1) is 18.0. The summed E-state index contributed by atoms with van der Waals surface area (Å²) in [6, 6.07) is 17.1. The lowest BCUT2D eigenvalue weighted by atomic mass is 10.1. The van der Waals surface area contributed by atoms with Crippen molar-refractivity contribution in [3.63, 3.8) is 0 Å². The van der Waals surface area contributed by atoms with E-state index in [2.05, 4.69) is 46.4 Å². The van der Waals surface area contributed by atoms with Gasteiger partial charge in [-0.05, 0) is 31.0 Å². The van der Waals surface area contributed by atoms with E-state index >= 15 is 0 Å². The third kappa shape index (κ3) is 5.31. The van der Waals surface area contributed by atoms with Gasteiger partial charge in [-0.15, -0.1) is 11.8 Å². The molecule has 1 fully saturated rings. The number of pyridine rings is 1. The topological polar surface area (TPSA) is 45.2 Å². The lowest BCUT2D eigenvalue weighted by Crippen LogP contribution is -2.38. The zero-order valence-electron chi connectivity index (χ0n) is 14.6. The number of benzene rings is 1. The van der Waals surface area contributed by atoms with Crippen LogP contribution in [0.25, 0.3) is 0 Å². The summed E-state index contributed by atoms with van der Waals surface area (Å²) in [4.78, 5) is 18.9. The van der Waals surface area contributed by atoms with Gasteiger partial charge in [0.05, 0.1) is 11.4 Å². The second kappa shape index (κ2) is 9.02. The van der Waals surface area contributed by atoms with Gasteiger partial charge in [0, 0.05) is 37.1 Å². The monoisotopic (exact) mass is 355 g/mol. The molecular formula is C20H25N3OS. The highest BCUT2D eigenvalue weighted by molar-refractivity contribution is 7.99. The molecular weight excluding hydrogens is 330 g/mol. The standard InChI is InChI=1S/C20H25N3OS/c1-16(17-7-3-2-4-8-17)23-12-10-18(13-23)22-20(24)15-25-14-19-9-5-6-11-21-19/h2-9,11,16,18H,10,12-15H2,1H3,(H,22,24)/t16-,18+/m1/s1. The number of carbonyl (C=O) groups excluding carboxylic acids is 1. The van der Waals surface area contributed by atoms with Gasteiger partial charge >= 0.3 is 0 Å². The molecule has 0 aliphatic carbocycles. The van der Waals surface area contributed by atoms with Crippen LogP contribution in [0.4, 0.5) is 0 Å². The van der Waals surface area contributed by atoms with Crippen molar-refractivity contribution in [2.45, 2.75) is 31.2 Å². The second-order valence-electron chi connectivity index (χ2n) is 6.45. The maximum absolute atomic E-state index is 12.2. The predicted octanol–water partition coefficient (Wildman–Crippen LogP) is 3.27. The lowest BCUT2D eigenvalue weighted by Gasteiger charge is -2.24. The van der Waals surface area contributed by atoms with Crippen molar-refractivity contribution in [1.29, 1.82) is 0 Å². The molecule has 4 nitrogen and oxygen atoms in total. The summed E-state index contributed by atoms with van der Waals surface area (Å²) in [5.41, 5.74) is 2.35. The van der Waals surface area contributed by atoms with Crippen LogP contribution in [0.2, 0.25) is 0 Å². The molecule has 0 saturated carbocycles. The van der Waals surface area contributed by atoms with E-state index in [1.165, 1.54) is 5.56 Å². The Kier molecular flexibility index (Phi) is 6.48. The number of nitrogens with zero attached hydrogens (tertiary/aromatic N) is 2. The third-order valence-electron chi connectivity index (χ3n) is 4.62. The van der Waals surface area contributed by atoms with Crippen LogP contribution in [0.1, 0.15) is 30.6 Å². The van der Waals surface area contributed by atoms with E-state index in [4.69, 9.17) is 0 Å². The van der Waals surface area contributed by atoms with Crippen LogP contribution in [0.5, 0.6) is 0 Å². The first-order valence-electron chi connectivity index (χ1n) is 8.78. The molecule has 2 heterocycles. The molecule has 1 N–H and O–H groups in total. The zero-order chi connectivity index (χ0) is 17.5. The van der Waals surface area contributed by atoms with Gasteiger partial charge in [0.25, 0.3) is 0 Å². The minimum Gasteiger partial charge on any atom is -0.351 e. The van der Waals surface area contributed by atoms with Crippen LogP contribution in [0.3, 0.4) is 0 Å². The van der Waals surface area contributed by atoms with Gasteiger partial charge < -0.3 is 5.32 Å². The number of aromatic nitrogens is 1. The van der Waals surface area contributed by atoms with E-state index in [0.717, 1.165) is 31.0 Å². The lowest BCUT2D eigenvalue weighted by molar-refractivity contribution is -0.119. The van der Waals surface area contributed by atoms with Gasteiger partial charge in [0.2, 0.25) is 5.91 Å². The minimum atomic E-state index is 0.125. The number of rotatable bonds is 7. The van der Waals surface area contributed by atoms with Crippen LogP contribution in [-0.2, 0) is 10.5 Å². The molecule has 2 aromatic rings. The van der Waals surface area contributed by atoms with Crippen molar-refractivity contribution in [2.24, 2.45) is 0 Å². The van der Waals surface area contributed by atoms with Crippen LogP contribution < -0.4 is 5.32 Å². The van der Waals surface area contributed by atoms with Gasteiger partial charge in [0.1, 0.15) is 0 Å². The van der Waals surface area contributed by atoms with E-state index < -0.39 is 0 Å². The second-order valence-corrected chi connectivity index (χ2v) is 7.43. The largest absolute Gasteiger partial charge is 0.351 e. The maximum Gasteiger partial charge on any atom is 0.230 e. The number of amides is 1. The Morgan fingerprint density at radius 1 is 1.28 bits per heavy atom. The third-order valence-corrected chi connectivity index (χ3v) is 5.59. The predicted molar refractivity (Wildman–Crippen MR) is 103 cm³/mol. The summed E-state index contributed by atoms with van der Waals surface area (Å²) in [6.45, 7) is 4.19. The van der Waals surface area contributed by atoms with E-state index in [-0.39, 0.29) is 11.9 Å². The Morgan fingerprint density at radius 2 is 2.08 bits per heavy atom. The average Bonchev–Trinajstić information content (AvgIpc) is 3.11. The molecule has 0 radical (unpaired) electrons. The zero-order valence-corrected chi connectivity index (χ0v) is 15.4. The molecule has 1 aliphatic heterocycles. The van der Waals surface area contributed by atoms with E-state index in [9.17, 15) is 4.79 Å².